The number of amides is 1. The average molecular weight is 497 g/mol. The van der Waals surface area contributed by atoms with E-state index in [1.807, 2.05) is 36.5 Å². The maximum atomic E-state index is 13.7. The van der Waals surface area contributed by atoms with Gasteiger partial charge in [0.05, 0.1) is 30.4 Å². The summed E-state index contributed by atoms with van der Waals surface area (Å²) in [6.45, 7) is 1.71. The predicted octanol–water partition coefficient (Wildman–Crippen LogP) is 4.53. The number of nitrogens with zero attached hydrogens (tertiary/aromatic N) is 5. The van der Waals surface area contributed by atoms with Crippen LogP contribution in [0.1, 0.15) is 38.9 Å². The number of esters is 1. The van der Waals surface area contributed by atoms with Gasteiger partial charge in [-0.25, -0.2) is 14.2 Å². The molecule has 2 heterocycles. The SMILES string of the molecule is CCOC(=O)c1cnn(-c2ccc(C(=O)N(C)Cc3cnn(-c4ccccc4)c3)cc2)c1C(F)(F)F. The summed E-state index contributed by atoms with van der Waals surface area (Å²) >= 11 is 0. The van der Waals surface area contributed by atoms with E-state index in [4.69, 9.17) is 4.74 Å². The summed E-state index contributed by atoms with van der Waals surface area (Å²) < 4.78 is 48.2. The van der Waals surface area contributed by atoms with Gasteiger partial charge in [-0.1, -0.05) is 18.2 Å². The molecule has 0 saturated carbocycles. The second-order valence-corrected chi connectivity index (χ2v) is 7.87. The van der Waals surface area contributed by atoms with Crippen LogP contribution in [0.5, 0.6) is 0 Å². The van der Waals surface area contributed by atoms with Crippen molar-refractivity contribution < 1.29 is 27.5 Å². The minimum atomic E-state index is -4.85. The first-order valence-corrected chi connectivity index (χ1v) is 11.0. The van der Waals surface area contributed by atoms with Gasteiger partial charge < -0.3 is 9.64 Å². The zero-order chi connectivity index (χ0) is 25.9. The first-order chi connectivity index (χ1) is 17.2. The number of hydrogen-bond acceptors (Lipinski definition) is 5. The molecule has 2 aromatic heterocycles. The van der Waals surface area contributed by atoms with E-state index in [9.17, 15) is 22.8 Å². The lowest BCUT2D eigenvalue weighted by Gasteiger charge is -2.17. The van der Waals surface area contributed by atoms with Gasteiger partial charge in [-0.3, -0.25) is 4.79 Å². The zero-order valence-corrected chi connectivity index (χ0v) is 19.4. The number of aromatic nitrogens is 4. The van der Waals surface area contributed by atoms with Crippen LogP contribution in [-0.2, 0) is 17.5 Å². The molecule has 0 fully saturated rings. The Morgan fingerprint density at radius 3 is 2.31 bits per heavy atom. The van der Waals surface area contributed by atoms with Crippen molar-refractivity contribution >= 4 is 11.9 Å². The Bertz CT molecular complexity index is 1360. The Kier molecular flexibility index (Phi) is 6.91. The van der Waals surface area contributed by atoms with Crippen molar-refractivity contribution in [3.8, 4) is 11.4 Å². The van der Waals surface area contributed by atoms with Gasteiger partial charge in [0.2, 0.25) is 0 Å². The van der Waals surface area contributed by atoms with Crippen LogP contribution in [0.3, 0.4) is 0 Å². The Hall–Kier alpha value is -4.41. The molecular weight excluding hydrogens is 475 g/mol. The van der Waals surface area contributed by atoms with Crippen molar-refractivity contribution in [2.75, 3.05) is 13.7 Å². The number of alkyl halides is 3. The third-order valence-electron chi connectivity index (χ3n) is 5.32. The summed E-state index contributed by atoms with van der Waals surface area (Å²) in [4.78, 5) is 26.4. The van der Waals surface area contributed by atoms with Crippen molar-refractivity contribution in [3.63, 3.8) is 0 Å². The molecule has 36 heavy (non-hydrogen) atoms. The topological polar surface area (TPSA) is 82.2 Å². The van der Waals surface area contributed by atoms with Crippen molar-refractivity contribution in [2.45, 2.75) is 19.6 Å². The average Bonchev–Trinajstić information content (AvgIpc) is 3.52. The minimum Gasteiger partial charge on any atom is -0.462 e. The van der Waals surface area contributed by atoms with Gasteiger partial charge in [0.1, 0.15) is 5.56 Å². The molecule has 0 atom stereocenters. The van der Waals surface area contributed by atoms with Crippen molar-refractivity contribution in [3.05, 3.63) is 95.6 Å². The number of rotatable bonds is 7. The van der Waals surface area contributed by atoms with E-state index in [2.05, 4.69) is 10.2 Å². The Labute approximate surface area is 204 Å². The smallest absolute Gasteiger partial charge is 0.434 e. The molecule has 11 heteroatoms. The van der Waals surface area contributed by atoms with E-state index in [-0.39, 0.29) is 30.3 Å². The minimum absolute atomic E-state index is 0.0428. The van der Waals surface area contributed by atoms with Crippen LogP contribution >= 0.6 is 0 Å². The van der Waals surface area contributed by atoms with Gasteiger partial charge in [-0.15, -0.1) is 0 Å². The first kappa shape index (κ1) is 24.7. The number of carbonyl (C=O) groups is 2. The third-order valence-corrected chi connectivity index (χ3v) is 5.32. The molecule has 1 amide bonds. The number of para-hydroxylation sites is 1. The maximum Gasteiger partial charge on any atom is 0.434 e. The van der Waals surface area contributed by atoms with Gasteiger partial charge in [0.15, 0.2) is 5.69 Å². The lowest BCUT2D eigenvalue weighted by atomic mass is 10.1. The van der Waals surface area contributed by atoms with Gasteiger partial charge in [0.25, 0.3) is 5.91 Å². The molecule has 0 aliphatic heterocycles. The number of halogens is 3. The van der Waals surface area contributed by atoms with Crippen molar-refractivity contribution in [2.24, 2.45) is 0 Å². The number of carbonyl (C=O) groups excluding carboxylic acids is 2. The fourth-order valence-electron chi connectivity index (χ4n) is 3.65. The number of ether oxygens (including phenoxy) is 1. The van der Waals surface area contributed by atoms with Gasteiger partial charge in [-0.05, 0) is 43.3 Å². The van der Waals surface area contributed by atoms with Crippen LogP contribution in [0.2, 0.25) is 0 Å². The van der Waals surface area contributed by atoms with E-state index in [0.717, 1.165) is 17.4 Å². The van der Waals surface area contributed by atoms with Crippen molar-refractivity contribution in [1.82, 2.24) is 24.5 Å². The fraction of sp³-hybridized carbons (Fsp3) is 0.200. The normalized spacial score (nSPS) is 11.4. The molecule has 2 aromatic carbocycles. The van der Waals surface area contributed by atoms with Crippen LogP contribution in [0, 0.1) is 0 Å². The highest BCUT2D eigenvalue weighted by Crippen LogP contribution is 2.34. The van der Waals surface area contributed by atoms with Crippen LogP contribution in [0.25, 0.3) is 11.4 Å². The summed E-state index contributed by atoms with van der Waals surface area (Å²) in [5, 5.41) is 8.06. The Balaban J connectivity index is 1.51. The molecule has 0 bridgehead atoms. The van der Waals surface area contributed by atoms with Crippen LogP contribution in [-0.4, -0.2) is 50.0 Å². The van der Waals surface area contributed by atoms with Gasteiger partial charge >= 0.3 is 12.1 Å². The molecule has 0 aliphatic rings. The first-order valence-electron chi connectivity index (χ1n) is 11.0. The van der Waals surface area contributed by atoms with Crippen molar-refractivity contribution in [1.29, 1.82) is 0 Å². The molecule has 8 nitrogen and oxygen atoms in total. The second kappa shape index (κ2) is 10.1. The highest BCUT2D eigenvalue weighted by Gasteiger charge is 2.41. The fourth-order valence-corrected chi connectivity index (χ4v) is 3.65. The monoisotopic (exact) mass is 497 g/mol. The highest BCUT2D eigenvalue weighted by atomic mass is 19.4. The highest BCUT2D eigenvalue weighted by molar-refractivity contribution is 5.94. The summed E-state index contributed by atoms with van der Waals surface area (Å²) in [5.74, 6) is -1.43. The van der Waals surface area contributed by atoms with E-state index in [1.165, 1.54) is 36.1 Å². The largest absolute Gasteiger partial charge is 0.462 e. The van der Waals surface area contributed by atoms with Crippen LogP contribution in [0.4, 0.5) is 13.2 Å². The standard InChI is InChI=1S/C25H22F3N5O3/c1-3-36-24(35)21-14-30-33(22(21)25(26,27)28)20-11-9-18(10-12-20)23(34)31(2)15-17-13-29-32(16-17)19-7-5-4-6-8-19/h4-14,16H,3,15H2,1-2H3. The lowest BCUT2D eigenvalue weighted by Crippen LogP contribution is -2.26. The van der Waals surface area contributed by atoms with E-state index < -0.39 is 23.4 Å². The molecule has 0 N–H and O–H groups in total. The molecule has 0 saturated heterocycles. The second-order valence-electron chi connectivity index (χ2n) is 7.87. The third kappa shape index (κ3) is 5.14. The molecule has 0 spiro atoms. The summed E-state index contributed by atoms with van der Waals surface area (Å²) in [7, 11) is 1.62. The Morgan fingerprint density at radius 2 is 1.67 bits per heavy atom. The number of benzene rings is 2. The quantitative estimate of drug-likeness (QED) is 0.351. The molecular formula is C25H22F3N5O3. The number of hydrogen-bond donors (Lipinski definition) is 0. The molecule has 4 aromatic rings. The molecule has 4 rings (SSSR count). The predicted molar refractivity (Wildman–Crippen MR) is 124 cm³/mol. The van der Waals surface area contributed by atoms with E-state index in [1.54, 1.807) is 17.9 Å². The maximum absolute atomic E-state index is 13.7. The molecule has 186 valence electrons. The summed E-state index contributed by atoms with van der Waals surface area (Å²) in [5.41, 5.74) is 0.0950. The molecule has 0 radical (unpaired) electrons. The lowest BCUT2D eigenvalue weighted by molar-refractivity contribution is -0.143. The summed E-state index contributed by atoms with van der Waals surface area (Å²) in [6.07, 6.45) is -0.544. The van der Waals surface area contributed by atoms with E-state index >= 15 is 0 Å². The van der Waals surface area contributed by atoms with Crippen LogP contribution in [0.15, 0.2) is 73.2 Å². The summed E-state index contributed by atoms with van der Waals surface area (Å²) in [6, 6.07) is 15.0. The van der Waals surface area contributed by atoms with Gasteiger partial charge in [0, 0.05) is 30.9 Å². The van der Waals surface area contributed by atoms with E-state index in [0.29, 0.717) is 4.68 Å². The van der Waals surface area contributed by atoms with Crippen LogP contribution < -0.4 is 0 Å². The molecule has 0 aliphatic carbocycles. The zero-order valence-electron chi connectivity index (χ0n) is 19.4. The van der Waals surface area contributed by atoms with Gasteiger partial charge in [-0.2, -0.15) is 23.4 Å². The Morgan fingerprint density at radius 1 is 0.972 bits per heavy atom. The molecule has 0 unspecified atom stereocenters.